The van der Waals surface area contributed by atoms with Crippen LogP contribution in [-0.2, 0) is 0 Å². The van der Waals surface area contributed by atoms with E-state index in [-0.39, 0.29) is 29.4 Å². The Balaban J connectivity index is 1.49. The zero-order valence-corrected chi connectivity index (χ0v) is 18.9. The minimum absolute atomic E-state index is 0.0193. The number of hydrogen-bond donors (Lipinski definition) is 1. The van der Waals surface area contributed by atoms with E-state index < -0.39 is 0 Å². The van der Waals surface area contributed by atoms with Gasteiger partial charge in [-0.3, -0.25) is 9.36 Å². The van der Waals surface area contributed by atoms with E-state index in [1.807, 2.05) is 31.2 Å². The third-order valence-corrected chi connectivity index (χ3v) is 7.13. The van der Waals surface area contributed by atoms with Gasteiger partial charge in [-0.1, -0.05) is 36.4 Å². The van der Waals surface area contributed by atoms with Crippen LogP contribution in [-0.4, -0.2) is 28.5 Å². The van der Waals surface area contributed by atoms with Crippen molar-refractivity contribution >= 4 is 16.9 Å². The van der Waals surface area contributed by atoms with Gasteiger partial charge in [0.15, 0.2) is 0 Å². The van der Waals surface area contributed by atoms with E-state index in [0.29, 0.717) is 22.4 Å². The second-order valence-electron chi connectivity index (χ2n) is 9.42. The topological polar surface area (TPSA) is 46.9 Å². The molecule has 0 spiro atoms. The molecule has 0 radical (unpaired) electrons. The average Bonchev–Trinajstić information content (AvgIpc) is 3.42. The Morgan fingerprint density at radius 2 is 1.62 bits per heavy atom. The Bertz CT molecular complexity index is 1400. The highest BCUT2D eigenvalue weighted by Crippen LogP contribution is 2.38. The van der Waals surface area contributed by atoms with Gasteiger partial charge in [0.1, 0.15) is 17.5 Å². The van der Waals surface area contributed by atoms with E-state index in [1.54, 1.807) is 16.7 Å². The molecule has 0 amide bonds. The molecule has 1 saturated heterocycles. The lowest BCUT2D eigenvalue weighted by atomic mass is 9.92. The lowest BCUT2D eigenvalue weighted by Crippen LogP contribution is -2.14. The lowest BCUT2D eigenvalue weighted by molar-refractivity contribution is 0.0893. The van der Waals surface area contributed by atoms with Crippen molar-refractivity contribution in [3.63, 3.8) is 0 Å². The first-order chi connectivity index (χ1) is 16.5. The molecule has 4 nitrogen and oxygen atoms in total. The Morgan fingerprint density at radius 1 is 0.971 bits per heavy atom. The average molecular weight is 458 g/mol. The normalized spacial score (nSPS) is 18.0. The fourth-order valence-electron chi connectivity index (χ4n) is 5.13. The Labute approximate surface area is 196 Å². The summed E-state index contributed by atoms with van der Waals surface area (Å²) in [7, 11) is 0. The molecule has 1 unspecified atom stereocenters. The second-order valence-corrected chi connectivity index (χ2v) is 9.42. The van der Waals surface area contributed by atoms with E-state index >= 15 is 4.39 Å². The van der Waals surface area contributed by atoms with Crippen LogP contribution >= 0.6 is 0 Å². The maximum Gasteiger partial charge on any atom is 0.235 e. The molecule has 1 atom stereocenters. The highest BCUT2D eigenvalue weighted by molar-refractivity contribution is 5.98. The predicted molar refractivity (Wildman–Crippen MR) is 129 cm³/mol. The minimum Gasteiger partial charge on any atom is -0.316 e. The molecular weight excluding hydrogens is 432 g/mol. The standard InChI is InChI=1S/C28H25F2N3O/c1-16-25(21-12-13-31-15-21)23(30)14-24-26(16)32-27(33(24)28(34)20-6-7-20)19-4-2-17(3-5-19)18-8-10-22(29)11-9-18/h2-5,8-11,14,20-21,31H,6-7,12-13,15H2,1H3. The molecule has 6 rings (SSSR count). The molecule has 172 valence electrons. The zero-order valence-electron chi connectivity index (χ0n) is 18.9. The number of halogens is 2. The highest BCUT2D eigenvalue weighted by atomic mass is 19.1. The summed E-state index contributed by atoms with van der Waals surface area (Å²) in [5.41, 5.74) is 5.39. The van der Waals surface area contributed by atoms with Gasteiger partial charge in [0.05, 0.1) is 11.0 Å². The first kappa shape index (κ1) is 21.2. The van der Waals surface area contributed by atoms with Crippen molar-refractivity contribution in [3.05, 3.63) is 77.4 Å². The van der Waals surface area contributed by atoms with Crippen molar-refractivity contribution in [1.82, 2.24) is 14.9 Å². The third-order valence-electron chi connectivity index (χ3n) is 7.13. The SMILES string of the molecule is Cc1c(C2CCNC2)c(F)cc2c1nc(-c1ccc(-c3ccc(F)cc3)cc1)n2C(=O)C1CC1. The molecule has 0 bridgehead atoms. The molecular formula is C28H25F2N3O. The largest absolute Gasteiger partial charge is 0.316 e. The summed E-state index contributed by atoms with van der Waals surface area (Å²) < 4.78 is 30.3. The number of benzene rings is 3. The lowest BCUT2D eigenvalue weighted by Gasteiger charge is -2.14. The van der Waals surface area contributed by atoms with Gasteiger partial charge in [-0.25, -0.2) is 13.8 Å². The molecule has 2 fully saturated rings. The molecule has 3 aromatic carbocycles. The molecule has 1 saturated carbocycles. The summed E-state index contributed by atoms with van der Waals surface area (Å²) in [5, 5.41) is 3.31. The van der Waals surface area contributed by atoms with Gasteiger partial charge in [-0.2, -0.15) is 0 Å². The Hall–Kier alpha value is -3.38. The van der Waals surface area contributed by atoms with Crippen LogP contribution < -0.4 is 5.32 Å². The van der Waals surface area contributed by atoms with Crippen molar-refractivity contribution in [2.75, 3.05) is 13.1 Å². The van der Waals surface area contributed by atoms with Crippen LogP contribution in [0.2, 0.25) is 0 Å². The molecule has 6 heteroatoms. The van der Waals surface area contributed by atoms with Crippen LogP contribution in [0.15, 0.2) is 54.6 Å². The van der Waals surface area contributed by atoms with Crippen molar-refractivity contribution in [2.45, 2.75) is 32.1 Å². The molecule has 2 aliphatic rings. The summed E-state index contributed by atoms with van der Waals surface area (Å²) in [6.45, 7) is 3.55. The number of fused-ring (bicyclic) bond motifs is 1. The monoisotopic (exact) mass is 457 g/mol. The van der Waals surface area contributed by atoms with E-state index in [4.69, 9.17) is 4.98 Å². The number of aromatic nitrogens is 2. The quantitative estimate of drug-likeness (QED) is 0.404. The number of rotatable bonds is 4. The van der Waals surface area contributed by atoms with Gasteiger partial charge in [0.2, 0.25) is 5.91 Å². The zero-order chi connectivity index (χ0) is 23.4. The molecule has 1 N–H and O–H groups in total. The summed E-state index contributed by atoms with van der Waals surface area (Å²) in [4.78, 5) is 18.2. The van der Waals surface area contributed by atoms with Crippen molar-refractivity contribution in [1.29, 1.82) is 0 Å². The number of carbonyl (C=O) groups excluding carboxylic acids is 1. The highest BCUT2D eigenvalue weighted by Gasteiger charge is 2.34. The molecule has 34 heavy (non-hydrogen) atoms. The van der Waals surface area contributed by atoms with Gasteiger partial charge in [-0.05, 0) is 67.1 Å². The summed E-state index contributed by atoms with van der Waals surface area (Å²) in [6.07, 6.45) is 2.60. The second kappa shape index (κ2) is 8.13. The third kappa shape index (κ3) is 3.53. The van der Waals surface area contributed by atoms with Crippen molar-refractivity contribution in [2.24, 2.45) is 5.92 Å². The first-order valence-corrected chi connectivity index (χ1v) is 11.8. The summed E-state index contributed by atoms with van der Waals surface area (Å²) in [5.74, 6) is 0.0736. The van der Waals surface area contributed by atoms with Gasteiger partial charge in [0, 0.05) is 30.0 Å². The summed E-state index contributed by atoms with van der Waals surface area (Å²) in [6, 6.07) is 15.6. The number of carbonyl (C=O) groups is 1. The van der Waals surface area contributed by atoms with Crippen LogP contribution in [0.5, 0.6) is 0 Å². The number of hydrogen-bond acceptors (Lipinski definition) is 3. The van der Waals surface area contributed by atoms with Gasteiger partial charge in [-0.15, -0.1) is 0 Å². The van der Waals surface area contributed by atoms with Gasteiger partial charge < -0.3 is 5.32 Å². The Kier molecular flexibility index (Phi) is 5.06. The van der Waals surface area contributed by atoms with E-state index in [2.05, 4.69) is 5.32 Å². The predicted octanol–water partition coefficient (Wildman–Crippen LogP) is 6.08. The minimum atomic E-state index is -0.275. The van der Waals surface area contributed by atoms with Crippen LogP contribution in [0.25, 0.3) is 33.5 Å². The fraction of sp³-hybridized carbons (Fsp3) is 0.286. The number of nitrogens with zero attached hydrogens (tertiary/aromatic N) is 2. The van der Waals surface area contributed by atoms with Crippen LogP contribution in [0.1, 0.15) is 41.1 Å². The molecule has 2 heterocycles. The maximum absolute atomic E-state index is 15.4. The number of aryl methyl sites for hydroxylation is 1. The first-order valence-electron chi connectivity index (χ1n) is 11.8. The van der Waals surface area contributed by atoms with Gasteiger partial charge in [0.25, 0.3) is 0 Å². The summed E-state index contributed by atoms with van der Waals surface area (Å²) >= 11 is 0. The molecule has 1 aliphatic carbocycles. The number of nitrogens with one attached hydrogen (secondary N) is 1. The van der Waals surface area contributed by atoms with E-state index in [0.717, 1.165) is 54.6 Å². The maximum atomic E-state index is 15.4. The Morgan fingerprint density at radius 3 is 2.24 bits per heavy atom. The van der Waals surface area contributed by atoms with E-state index in [9.17, 15) is 9.18 Å². The molecule has 1 aromatic heterocycles. The van der Waals surface area contributed by atoms with E-state index in [1.165, 1.54) is 18.2 Å². The number of imidazole rings is 1. The van der Waals surface area contributed by atoms with Crippen LogP contribution in [0.3, 0.4) is 0 Å². The smallest absolute Gasteiger partial charge is 0.235 e. The van der Waals surface area contributed by atoms with Gasteiger partial charge >= 0.3 is 0 Å². The molecule has 1 aliphatic heterocycles. The molecule has 4 aromatic rings. The van der Waals surface area contributed by atoms with Crippen LogP contribution in [0, 0.1) is 24.5 Å². The van der Waals surface area contributed by atoms with Crippen LogP contribution in [0.4, 0.5) is 8.78 Å². The van der Waals surface area contributed by atoms with Crippen molar-refractivity contribution in [3.8, 4) is 22.5 Å². The van der Waals surface area contributed by atoms with Crippen molar-refractivity contribution < 1.29 is 13.6 Å². The fourth-order valence-corrected chi connectivity index (χ4v) is 5.13.